The predicted molar refractivity (Wildman–Crippen MR) is 104 cm³/mol. The molecule has 25 heavy (non-hydrogen) atoms. The van der Waals surface area contributed by atoms with Crippen LogP contribution in [0.3, 0.4) is 0 Å². The summed E-state index contributed by atoms with van der Waals surface area (Å²) >= 11 is 0. The molecule has 0 amide bonds. The van der Waals surface area contributed by atoms with Gasteiger partial charge in [-0.2, -0.15) is 0 Å². The zero-order chi connectivity index (χ0) is 16.7. The van der Waals surface area contributed by atoms with Gasteiger partial charge in [0.05, 0.1) is 16.4 Å². The standard InChI is InChI=1S/C22H16N2O/c1-12-9-13(2)21-17(10-12)24-19(23-21)11-16-20-15-6-4-3-5-14(15)7-8-18(20)25-22(16)24/h3-11,23H,1-2H3. The van der Waals surface area contributed by atoms with Gasteiger partial charge in [0.15, 0.2) is 0 Å². The van der Waals surface area contributed by atoms with Gasteiger partial charge < -0.3 is 9.40 Å². The third-order valence-electron chi connectivity index (χ3n) is 5.28. The molecule has 3 heteroatoms. The van der Waals surface area contributed by atoms with Crippen LogP contribution in [-0.4, -0.2) is 9.38 Å². The second kappa shape index (κ2) is 4.25. The summed E-state index contributed by atoms with van der Waals surface area (Å²) in [7, 11) is 0. The van der Waals surface area contributed by atoms with Crippen molar-refractivity contribution in [2.75, 3.05) is 0 Å². The van der Waals surface area contributed by atoms with E-state index in [2.05, 4.69) is 77.8 Å². The fourth-order valence-electron chi connectivity index (χ4n) is 4.23. The molecule has 0 fully saturated rings. The number of benzene rings is 3. The molecule has 0 saturated heterocycles. The molecule has 3 heterocycles. The Hall–Kier alpha value is -3.20. The summed E-state index contributed by atoms with van der Waals surface area (Å²) in [5.74, 6) is 0. The normalized spacial score (nSPS) is 12.4. The Morgan fingerprint density at radius 1 is 0.920 bits per heavy atom. The van der Waals surface area contributed by atoms with E-state index in [4.69, 9.17) is 4.42 Å². The molecule has 0 aliphatic heterocycles. The van der Waals surface area contributed by atoms with Gasteiger partial charge in [0.2, 0.25) is 5.71 Å². The van der Waals surface area contributed by atoms with Crippen molar-refractivity contribution in [2.45, 2.75) is 13.8 Å². The topological polar surface area (TPSA) is 33.3 Å². The average molecular weight is 324 g/mol. The van der Waals surface area contributed by atoms with Gasteiger partial charge >= 0.3 is 0 Å². The Labute approximate surface area is 143 Å². The van der Waals surface area contributed by atoms with Gasteiger partial charge in [-0.15, -0.1) is 0 Å². The minimum atomic E-state index is 0.914. The predicted octanol–water partition coefficient (Wildman–Crippen LogP) is 6.09. The van der Waals surface area contributed by atoms with Crippen molar-refractivity contribution < 1.29 is 4.42 Å². The highest BCUT2D eigenvalue weighted by Gasteiger charge is 2.18. The molecule has 0 aliphatic rings. The molecule has 120 valence electrons. The van der Waals surface area contributed by atoms with Gasteiger partial charge in [0.25, 0.3) is 0 Å². The van der Waals surface area contributed by atoms with Crippen molar-refractivity contribution in [3.05, 3.63) is 65.7 Å². The van der Waals surface area contributed by atoms with E-state index in [0.717, 1.165) is 16.9 Å². The summed E-state index contributed by atoms with van der Waals surface area (Å²) in [5.41, 5.74) is 7.79. The second-order valence-electron chi connectivity index (χ2n) is 6.95. The van der Waals surface area contributed by atoms with Crippen LogP contribution in [0, 0.1) is 13.8 Å². The first-order valence-electron chi connectivity index (χ1n) is 8.55. The van der Waals surface area contributed by atoms with Crippen LogP contribution < -0.4 is 0 Å². The van der Waals surface area contributed by atoms with E-state index < -0.39 is 0 Å². The lowest BCUT2D eigenvalue weighted by molar-refractivity contribution is 0.652. The van der Waals surface area contributed by atoms with Crippen molar-refractivity contribution in [3.8, 4) is 0 Å². The maximum Gasteiger partial charge on any atom is 0.214 e. The van der Waals surface area contributed by atoms with Crippen molar-refractivity contribution >= 4 is 49.5 Å². The fraction of sp³-hybridized carbons (Fsp3) is 0.0909. The van der Waals surface area contributed by atoms with Gasteiger partial charge in [-0.1, -0.05) is 36.4 Å². The maximum atomic E-state index is 6.30. The van der Waals surface area contributed by atoms with Crippen LogP contribution in [0.25, 0.3) is 49.5 Å². The number of hydrogen-bond donors (Lipinski definition) is 1. The van der Waals surface area contributed by atoms with E-state index in [0.29, 0.717) is 0 Å². The zero-order valence-electron chi connectivity index (χ0n) is 14.1. The quantitative estimate of drug-likeness (QED) is 0.360. The molecule has 3 aromatic heterocycles. The first-order chi connectivity index (χ1) is 12.2. The van der Waals surface area contributed by atoms with Crippen LogP contribution in [0.2, 0.25) is 0 Å². The Kier molecular flexibility index (Phi) is 2.23. The monoisotopic (exact) mass is 324 g/mol. The Bertz CT molecular complexity index is 1460. The fourth-order valence-corrected chi connectivity index (χ4v) is 4.23. The molecule has 3 nitrogen and oxygen atoms in total. The largest absolute Gasteiger partial charge is 0.439 e. The minimum absolute atomic E-state index is 0.914. The lowest BCUT2D eigenvalue weighted by atomic mass is 10.1. The van der Waals surface area contributed by atoms with E-state index in [1.165, 1.54) is 43.7 Å². The molecule has 0 atom stereocenters. The van der Waals surface area contributed by atoms with E-state index >= 15 is 0 Å². The molecule has 0 bridgehead atoms. The highest BCUT2D eigenvalue weighted by molar-refractivity contribution is 6.19. The zero-order valence-corrected chi connectivity index (χ0v) is 14.1. The smallest absolute Gasteiger partial charge is 0.214 e. The number of H-pyrrole nitrogens is 1. The van der Waals surface area contributed by atoms with Gasteiger partial charge in [-0.3, -0.25) is 4.40 Å². The molecule has 1 N–H and O–H groups in total. The summed E-state index contributed by atoms with van der Waals surface area (Å²) < 4.78 is 8.51. The first-order valence-corrected chi connectivity index (χ1v) is 8.55. The van der Waals surface area contributed by atoms with Crippen molar-refractivity contribution in [3.63, 3.8) is 0 Å². The number of hydrogen-bond acceptors (Lipinski definition) is 1. The molecular formula is C22H16N2O. The number of imidazole rings is 1. The SMILES string of the molecule is Cc1cc(C)c2[nH]c3cc4c5c(ccc6ccccc65)oc4n3c2c1. The van der Waals surface area contributed by atoms with Crippen LogP contribution >= 0.6 is 0 Å². The average Bonchev–Trinajstić information content (AvgIpc) is 3.22. The number of fused-ring (bicyclic) bond motifs is 9. The Morgan fingerprint density at radius 3 is 2.72 bits per heavy atom. The molecule has 0 unspecified atom stereocenters. The Balaban J connectivity index is 1.89. The van der Waals surface area contributed by atoms with Crippen LogP contribution in [0.15, 0.2) is 59.0 Å². The van der Waals surface area contributed by atoms with Crippen molar-refractivity contribution in [1.29, 1.82) is 0 Å². The van der Waals surface area contributed by atoms with Gasteiger partial charge in [-0.25, -0.2) is 0 Å². The number of aromatic nitrogens is 2. The molecule has 0 saturated carbocycles. The number of rotatable bonds is 0. The van der Waals surface area contributed by atoms with Crippen molar-refractivity contribution in [1.82, 2.24) is 9.38 Å². The summed E-state index contributed by atoms with van der Waals surface area (Å²) in [6, 6.07) is 19.3. The molecule has 3 aromatic carbocycles. The van der Waals surface area contributed by atoms with Crippen LogP contribution in [-0.2, 0) is 0 Å². The number of furan rings is 1. The van der Waals surface area contributed by atoms with E-state index in [1.54, 1.807) is 0 Å². The lowest BCUT2D eigenvalue weighted by Crippen LogP contribution is -1.83. The summed E-state index contributed by atoms with van der Waals surface area (Å²) in [5, 5.41) is 4.84. The maximum absolute atomic E-state index is 6.30. The highest BCUT2D eigenvalue weighted by atomic mass is 16.3. The summed E-state index contributed by atoms with van der Waals surface area (Å²) in [6.07, 6.45) is 0. The van der Waals surface area contributed by atoms with Crippen LogP contribution in [0.4, 0.5) is 0 Å². The minimum Gasteiger partial charge on any atom is -0.439 e. The number of aromatic amines is 1. The molecule has 0 aliphatic carbocycles. The molecule has 0 radical (unpaired) electrons. The third kappa shape index (κ3) is 1.55. The van der Waals surface area contributed by atoms with E-state index in [1.807, 2.05) is 0 Å². The van der Waals surface area contributed by atoms with E-state index in [-0.39, 0.29) is 0 Å². The van der Waals surface area contributed by atoms with Crippen LogP contribution in [0.1, 0.15) is 11.1 Å². The van der Waals surface area contributed by atoms with Gasteiger partial charge in [0, 0.05) is 5.39 Å². The lowest BCUT2D eigenvalue weighted by Gasteiger charge is -1.99. The second-order valence-corrected chi connectivity index (χ2v) is 6.95. The first kappa shape index (κ1) is 13.1. The van der Waals surface area contributed by atoms with Crippen molar-refractivity contribution in [2.24, 2.45) is 0 Å². The third-order valence-corrected chi connectivity index (χ3v) is 5.28. The van der Waals surface area contributed by atoms with Gasteiger partial charge in [-0.05, 0) is 53.9 Å². The molecule has 6 aromatic rings. The number of aryl methyl sites for hydroxylation is 2. The highest BCUT2D eigenvalue weighted by Crippen LogP contribution is 2.38. The molecule has 6 rings (SSSR count). The summed E-state index contributed by atoms with van der Waals surface area (Å²) in [4.78, 5) is 3.56. The molecule has 0 spiro atoms. The Morgan fingerprint density at radius 2 is 1.80 bits per heavy atom. The summed E-state index contributed by atoms with van der Waals surface area (Å²) in [6.45, 7) is 4.28. The number of nitrogens with one attached hydrogen (secondary N) is 1. The van der Waals surface area contributed by atoms with Gasteiger partial charge in [0.1, 0.15) is 11.2 Å². The van der Waals surface area contributed by atoms with Crippen LogP contribution in [0.5, 0.6) is 0 Å². The molecular weight excluding hydrogens is 308 g/mol. The number of nitrogens with zero attached hydrogens (tertiary/aromatic N) is 1. The van der Waals surface area contributed by atoms with E-state index in [9.17, 15) is 0 Å².